The minimum absolute atomic E-state index is 0.101. The van der Waals surface area contributed by atoms with Crippen molar-refractivity contribution in [2.75, 3.05) is 18.0 Å². The summed E-state index contributed by atoms with van der Waals surface area (Å²) in [6.07, 6.45) is -4.23. The highest BCUT2D eigenvalue weighted by atomic mass is 19.4. The van der Waals surface area contributed by atoms with E-state index in [1.54, 1.807) is 6.92 Å². The van der Waals surface area contributed by atoms with Crippen molar-refractivity contribution in [3.8, 4) is 0 Å². The van der Waals surface area contributed by atoms with Crippen molar-refractivity contribution in [2.24, 2.45) is 5.73 Å². The van der Waals surface area contributed by atoms with E-state index in [0.717, 1.165) is 0 Å². The molecule has 0 radical (unpaired) electrons. The molecular weight excluding hydrogens is 231 g/mol. The van der Waals surface area contributed by atoms with Crippen molar-refractivity contribution in [3.63, 3.8) is 0 Å². The van der Waals surface area contributed by atoms with Gasteiger partial charge >= 0.3 is 6.18 Å². The van der Waals surface area contributed by atoms with Gasteiger partial charge in [0, 0.05) is 17.8 Å². The van der Waals surface area contributed by atoms with Crippen molar-refractivity contribution in [3.05, 3.63) is 29.8 Å². The largest absolute Gasteiger partial charge is 0.405 e. The van der Waals surface area contributed by atoms with Crippen LogP contribution in [0, 0.1) is 5.41 Å². The van der Waals surface area contributed by atoms with Gasteiger partial charge in [-0.25, -0.2) is 0 Å². The van der Waals surface area contributed by atoms with Gasteiger partial charge in [-0.15, -0.1) is 0 Å². The fourth-order valence-corrected chi connectivity index (χ4v) is 1.45. The molecule has 0 aliphatic rings. The molecule has 1 aromatic rings. The van der Waals surface area contributed by atoms with Crippen LogP contribution in [0.2, 0.25) is 0 Å². The SMILES string of the molecule is CCN(CC(F)(F)F)c1ccc(C(=N)N)cc1. The zero-order valence-electron chi connectivity index (χ0n) is 9.38. The molecule has 0 aliphatic heterocycles. The quantitative estimate of drug-likeness (QED) is 0.632. The fraction of sp³-hybridized carbons (Fsp3) is 0.364. The first-order valence-electron chi connectivity index (χ1n) is 5.09. The van der Waals surface area contributed by atoms with Crippen molar-refractivity contribution < 1.29 is 13.2 Å². The van der Waals surface area contributed by atoms with Crippen LogP contribution in [0.1, 0.15) is 12.5 Å². The monoisotopic (exact) mass is 245 g/mol. The number of nitrogens with one attached hydrogen (secondary N) is 1. The van der Waals surface area contributed by atoms with E-state index < -0.39 is 12.7 Å². The lowest BCUT2D eigenvalue weighted by atomic mass is 10.2. The zero-order chi connectivity index (χ0) is 13.1. The second kappa shape index (κ2) is 5.07. The van der Waals surface area contributed by atoms with Crippen molar-refractivity contribution in [1.82, 2.24) is 0 Å². The van der Waals surface area contributed by atoms with Gasteiger partial charge in [0.25, 0.3) is 0 Å². The molecule has 0 unspecified atom stereocenters. The Morgan fingerprint density at radius 2 is 1.82 bits per heavy atom. The summed E-state index contributed by atoms with van der Waals surface area (Å²) in [4.78, 5) is 1.21. The van der Waals surface area contributed by atoms with Crippen molar-refractivity contribution >= 4 is 11.5 Å². The number of amidine groups is 1. The maximum atomic E-state index is 12.3. The van der Waals surface area contributed by atoms with Gasteiger partial charge in [-0.3, -0.25) is 5.41 Å². The summed E-state index contributed by atoms with van der Waals surface area (Å²) in [7, 11) is 0. The molecule has 3 nitrogen and oxygen atoms in total. The first-order chi connectivity index (χ1) is 7.83. The summed E-state index contributed by atoms with van der Waals surface area (Å²) >= 11 is 0. The highest BCUT2D eigenvalue weighted by molar-refractivity contribution is 5.95. The topological polar surface area (TPSA) is 53.1 Å². The molecule has 1 aromatic carbocycles. The molecule has 0 aliphatic carbocycles. The molecule has 3 N–H and O–H groups in total. The fourth-order valence-electron chi connectivity index (χ4n) is 1.45. The summed E-state index contributed by atoms with van der Waals surface area (Å²) < 4.78 is 36.9. The normalized spacial score (nSPS) is 11.3. The van der Waals surface area contributed by atoms with Gasteiger partial charge < -0.3 is 10.6 Å². The molecule has 6 heteroatoms. The van der Waals surface area contributed by atoms with Crippen LogP contribution in [0.3, 0.4) is 0 Å². The summed E-state index contributed by atoms with van der Waals surface area (Å²) in [5.41, 5.74) is 6.23. The predicted molar refractivity (Wildman–Crippen MR) is 61.4 cm³/mol. The molecular formula is C11H14F3N3. The standard InChI is InChI=1S/C11H14F3N3/c1-2-17(7-11(12,13)14)9-5-3-8(4-6-9)10(15)16/h3-6H,2,7H2,1H3,(H3,15,16). The Balaban J connectivity index is 2.86. The first-order valence-corrected chi connectivity index (χ1v) is 5.09. The number of hydrogen-bond acceptors (Lipinski definition) is 2. The number of hydrogen-bond donors (Lipinski definition) is 2. The number of anilines is 1. The highest BCUT2D eigenvalue weighted by Crippen LogP contribution is 2.22. The molecule has 0 spiro atoms. The van der Waals surface area contributed by atoms with Crippen LogP contribution in [0.5, 0.6) is 0 Å². The number of rotatable bonds is 4. The van der Waals surface area contributed by atoms with Crippen LogP contribution in [-0.4, -0.2) is 25.1 Å². The van der Waals surface area contributed by atoms with Crippen LogP contribution >= 0.6 is 0 Å². The van der Waals surface area contributed by atoms with Gasteiger partial charge in [0.15, 0.2) is 0 Å². The van der Waals surface area contributed by atoms with E-state index in [0.29, 0.717) is 11.3 Å². The summed E-state index contributed by atoms with van der Waals surface area (Å²) in [6.45, 7) is 0.937. The van der Waals surface area contributed by atoms with Gasteiger partial charge in [-0.2, -0.15) is 13.2 Å². The van der Waals surface area contributed by atoms with E-state index in [4.69, 9.17) is 11.1 Å². The Bertz CT molecular complexity index is 384. The number of halogens is 3. The van der Waals surface area contributed by atoms with Gasteiger partial charge in [0.1, 0.15) is 12.4 Å². The average Bonchev–Trinajstić information content (AvgIpc) is 2.25. The number of benzene rings is 1. The lowest BCUT2D eigenvalue weighted by Gasteiger charge is -2.24. The minimum atomic E-state index is -4.23. The summed E-state index contributed by atoms with van der Waals surface area (Å²) in [5, 5.41) is 7.19. The molecule has 0 aromatic heterocycles. The first kappa shape index (κ1) is 13.3. The Hall–Kier alpha value is -1.72. The highest BCUT2D eigenvalue weighted by Gasteiger charge is 2.30. The molecule has 0 saturated heterocycles. The molecule has 0 amide bonds. The molecule has 0 heterocycles. The van der Waals surface area contributed by atoms with Crippen molar-refractivity contribution in [1.29, 1.82) is 5.41 Å². The Labute approximate surface area is 97.5 Å². The molecule has 94 valence electrons. The number of nitrogens with two attached hydrogens (primary N) is 1. The second-order valence-electron chi connectivity index (χ2n) is 3.59. The average molecular weight is 245 g/mol. The predicted octanol–water partition coefficient (Wildman–Crippen LogP) is 2.36. The third-order valence-electron chi connectivity index (χ3n) is 2.30. The summed E-state index contributed by atoms with van der Waals surface area (Å²) in [5.74, 6) is -0.101. The van der Waals surface area contributed by atoms with E-state index in [1.165, 1.54) is 29.2 Å². The van der Waals surface area contributed by atoms with Crippen LogP contribution < -0.4 is 10.6 Å². The molecule has 17 heavy (non-hydrogen) atoms. The number of nitrogens with zero attached hydrogens (tertiary/aromatic N) is 1. The maximum Gasteiger partial charge on any atom is 0.405 e. The van der Waals surface area contributed by atoms with Crippen LogP contribution in [0.15, 0.2) is 24.3 Å². The van der Waals surface area contributed by atoms with Gasteiger partial charge in [0.2, 0.25) is 0 Å². The van der Waals surface area contributed by atoms with Gasteiger partial charge in [0.05, 0.1) is 0 Å². The van der Waals surface area contributed by atoms with Crippen LogP contribution in [0.25, 0.3) is 0 Å². The Morgan fingerprint density at radius 1 is 1.29 bits per heavy atom. The van der Waals surface area contributed by atoms with Gasteiger partial charge in [-0.1, -0.05) is 0 Å². The van der Waals surface area contributed by atoms with Crippen LogP contribution in [-0.2, 0) is 0 Å². The third-order valence-corrected chi connectivity index (χ3v) is 2.30. The summed E-state index contributed by atoms with van der Waals surface area (Å²) in [6, 6.07) is 6.14. The second-order valence-corrected chi connectivity index (χ2v) is 3.59. The number of alkyl halides is 3. The lowest BCUT2D eigenvalue weighted by molar-refractivity contribution is -0.119. The molecule has 0 bridgehead atoms. The Kier molecular flexibility index (Phi) is 3.98. The third kappa shape index (κ3) is 3.97. The van der Waals surface area contributed by atoms with Crippen molar-refractivity contribution in [2.45, 2.75) is 13.1 Å². The molecule has 0 saturated carbocycles. The minimum Gasteiger partial charge on any atom is -0.384 e. The van der Waals surface area contributed by atoms with E-state index in [2.05, 4.69) is 0 Å². The van der Waals surface area contributed by atoms with E-state index in [-0.39, 0.29) is 12.4 Å². The van der Waals surface area contributed by atoms with E-state index >= 15 is 0 Å². The Morgan fingerprint density at radius 3 is 2.18 bits per heavy atom. The molecule has 0 fully saturated rings. The lowest BCUT2D eigenvalue weighted by Crippen LogP contribution is -2.34. The van der Waals surface area contributed by atoms with Gasteiger partial charge in [-0.05, 0) is 31.2 Å². The zero-order valence-corrected chi connectivity index (χ0v) is 9.38. The van der Waals surface area contributed by atoms with E-state index in [1.807, 2.05) is 0 Å². The molecule has 0 atom stereocenters. The van der Waals surface area contributed by atoms with Crippen LogP contribution in [0.4, 0.5) is 18.9 Å². The smallest absolute Gasteiger partial charge is 0.384 e. The van der Waals surface area contributed by atoms with E-state index in [9.17, 15) is 13.2 Å². The number of nitrogen functional groups attached to an aromatic ring is 1. The maximum absolute atomic E-state index is 12.3. The molecule has 1 rings (SSSR count).